The van der Waals surface area contributed by atoms with Crippen LogP contribution >= 0.6 is 0 Å². The first-order valence-corrected chi connectivity index (χ1v) is 7.99. The maximum atomic E-state index is 13.1. The predicted octanol–water partition coefficient (Wildman–Crippen LogP) is 3.48. The lowest BCUT2D eigenvalue weighted by atomic mass is 10.1. The monoisotopic (exact) mass is 394 g/mol. The molecule has 146 valence electrons. The van der Waals surface area contributed by atoms with Gasteiger partial charge >= 0.3 is 6.18 Å². The number of carbonyl (C=O) groups is 1. The number of nitrogens with zero attached hydrogens (tertiary/aromatic N) is 3. The zero-order valence-electron chi connectivity index (χ0n) is 14.5. The maximum Gasteiger partial charge on any atom is 0.418 e. The van der Waals surface area contributed by atoms with Crippen LogP contribution in [0.15, 0.2) is 42.7 Å². The molecule has 2 aromatic heterocycles. The van der Waals surface area contributed by atoms with E-state index in [2.05, 4.69) is 15.4 Å². The van der Waals surface area contributed by atoms with Crippen molar-refractivity contribution in [3.63, 3.8) is 0 Å². The number of amides is 1. The molecule has 10 heteroatoms. The molecule has 2 heterocycles. The fourth-order valence-corrected chi connectivity index (χ4v) is 2.54. The molecule has 0 atom stereocenters. The Morgan fingerprint density at radius 3 is 2.54 bits per heavy atom. The summed E-state index contributed by atoms with van der Waals surface area (Å²) >= 11 is 0. The van der Waals surface area contributed by atoms with Crippen LogP contribution < -0.4 is 5.32 Å². The van der Waals surface area contributed by atoms with Crippen molar-refractivity contribution in [2.75, 3.05) is 5.32 Å². The van der Waals surface area contributed by atoms with Crippen molar-refractivity contribution in [2.24, 2.45) is 0 Å². The van der Waals surface area contributed by atoms with Gasteiger partial charge in [-0.3, -0.25) is 9.78 Å². The van der Waals surface area contributed by atoms with Gasteiger partial charge in [0.05, 0.1) is 46.7 Å². The van der Waals surface area contributed by atoms with Gasteiger partial charge in [0.1, 0.15) is 5.82 Å². The molecular weight excluding hydrogens is 380 g/mol. The van der Waals surface area contributed by atoms with E-state index < -0.39 is 35.8 Å². The summed E-state index contributed by atoms with van der Waals surface area (Å²) in [5.41, 5.74) is -0.875. The first-order chi connectivity index (χ1) is 13.2. The van der Waals surface area contributed by atoms with Gasteiger partial charge in [0.25, 0.3) is 5.91 Å². The summed E-state index contributed by atoms with van der Waals surface area (Å²) in [4.78, 5) is 16.0. The van der Waals surface area contributed by atoms with Crippen molar-refractivity contribution in [3.05, 3.63) is 71.1 Å². The predicted molar refractivity (Wildman–Crippen MR) is 91.4 cm³/mol. The molecular formula is C18H14F4N4O2. The third-order valence-corrected chi connectivity index (χ3v) is 3.92. The average molecular weight is 394 g/mol. The van der Waals surface area contributed by atoms with E-state index in [1.807, 2.05) is 0 Å². The quantitative estimate of drug-likeness (QED) is 0.664. The number of hydrogen-bond acceptors (Lipinski definition) is 4. The van der Waals surface area contributed by atoms with E-state index in [1.54, 1.807) is 6.92 Å². The number of hydrogen-bond donors (Lipinski definition) is 2. The normalized spacial score (nSPS) is 11.5. The van der Waals surface area contributed by atoms with Crippen molar-refractivity contribution in [2.45, 2.75) is 19.7 Å². The molecule has 0 unspecified atom stereocenters. The maximum absolute atomic E-state index is 13.1. The number of alkyl halides is 3. The van der Waals surface area contributed by atoms with E-state index in [4.69, 9.17) is 5.11 Å². The lowest BCUT2D eigenvalue weighted by molar-refractivity contribution is -0.139. The summed E-state index contributed by atoms with van der Waals surface area (Å²) in [6, 6.07) is 6.11. The molecule has 3 aromatic rings. The molecule has 0 saturated heterocycles. The minimum atomic E-state index is -4.73. The number of carbonyl (C=O) groups excluding carboxylic acids is 1. The number of nitrogens with one attached hydrogen (secondary N) is 1. The molecule has 28 heavy (non-hydrogen) atoms. The molecule has 0 bridgehead atoms. The Balaban J connectivity index is 1.87. The van der Waals surface area contributed by atoms with Crippen LogP contribution in [0.2, 0.25) is 0 Å². The molecule has 1 amide bonds. The van der Waals surface area contributed by atoms with Gasteiger partial charge in [-0.1, -0.05) is 0 Å². The number of pyridine rings is 1. The smallest absolute Gasteiger partial charge is 0.390 e. The molecule has 0 saturated carbocycles. The lowest BCUT2D eigenvalue weighted by Crippen LogP contribution is -2.16. The molecule has 0 fully saturated rings. The van der Waals surface area contributed by atoms with Gasteiger partial charge in [-0.15, -0.1) is 0 Å². The Bertz CT molecular complexity index is 1010. The Kier molecular flexibility index (Phi) is 5.14. The van der Waals surface area contributed by atoms with Gasteiger partial charge in [-0.25, -0.2) is 9.07 Å². The van der Waals surface area contributed by atoms with E-state index in [1.165, 1.54) is 35.1 Å². The van der Waals surface area contributed by atoms with E-state index >= 15 is 0 Å². The number of rotatable bonds is 4. The summed E-state index contributed by atoms with van der Waals surface area (Å²) in [6.45, 7) is 0.676. The van der Waals surface area contributed by atoms with Gasteiger partial charge in [-0.2, -0.15) is 18.3 Å². The molecule has 0 radical (unpaired) electrons. The molecule has 0 aliphatic rings. The van der Waals surface area contributed by atoms with Crippen molar-refractivity contribution in [1.82, 2.24) is 14.8 Å². The Labute approximate surface area is 156 Å². The van der Waals surface area contributed by atoms with Gasteiger partial charge in [-0.05, 0) is 37.3 Å². The summed E-state index contributed by atoms with van der Waals surface area (Å²) < 4.78 is 53.6. The summed E-state index contributed by atoms with van der Waals surface area (Å²) in [5, 5.41) is 15.5. The molecule has 1 aromatic carbocycles. The van der Waals surface area contributed by atoms with Gasteiger partial charge in [0, 0.05) is 6.20 Å². The topological polar surface area (TPSA) is 80.0 Å². The number of benzene rings is 1. The second-order valence-electron chi connectivity index (χ2n) is 5.88. The standard InChI is InChI=1S/C18H14F4N4O2/c1-10-14(8-26(25-10)13-4-2-11(19)3-5-13)17(28)24-12-6-15(18(20,21)22)16(9-27)23-7-12/h2-8,27H,9H2,1H3,(H,24,28). The van der Waals surface area contributed by atoms with Crippen molar-refractivity contribution < 1.29 is 27.5 Å². The lowest BCUT2D eigenvalue weighted by Gasteiger charge is -2.12. The molecule has 0 spiro atoms. The number of aryl methyl sites for hydroxylation is 1. The second kappa shape index (κ2) is 7.39. The van der Waals surface area contributed by atoms with Crippen LogP contribution in [0.3, 0.4) is 0 Å². The van der Waals surface area contributed by atoms with E-state index in [-0.39, 0.29) is 11.3 Å². The second-order valence-corrected chi connectivity index (χ2v) is 5.88. The summed E-state index contributed by atoms with van der Waals surface area (Å²) in [6.07, 6.45) is -2.31. The number of halogens is 4. The van der Waals surface area contributed by atoms with Gasteiger partial charge < -0.3 is 10.4 Å². The van der Waals surface area contributed by atoms with Crippen LogP contribution in [0.1, 0.15) is 27.3 Å². The van der Waals surface area contributed by atoms with Crippen LogP contribution in [0.5, 0.6) is 0 Å². The third kappa shape index (κ3) is 4.01. The van der Waals surface area contributed by atoms with Crippen LogP contribution in [0.4, 0.5) is 23.2 Å². The van der Waals surface area contributed by atoms with Gasteiger partial charge in [0.2, 0.25) is 0 Å². The fourth-order valence-electron chi connectivity index (χ4n) is 2.54. The van der Waals surface area contributed by atoms with Crippen molar-refractivity contribution in [3.8, 4) is 5.69 Å². The number of aromatic nitrogens is 3. The molecule has 3 rings (SSSR count). The van der Waals surface area contributed by atoms with Crippen molar-refractivity contribution in [1.29, 1.82) is 0 Å². The van der Waals surface area contributed by atoms with E-state index in [0.29, 0.717) is 17.4 Å². The van der Waals surface area contributed by atoms with E-state index in [0.717, 1.165) is 6.20 Å². The fraction of sp³-hybridized carbons (Fsp3) is 0.167. The first-order valence-electron chi connectivity index (χ1n) is 7.99. The minimum absolute atomic E-state index is 0.129. The van der Waals surface area contributed by atoms with Crippen LogP contribution in [0.25, 0.3) is 5.69 Å². The highest BCUT2D eigenvalue weighted by Gasteiger charge is 2.34. The van der Waals surface area contributed by atoms with Gasteiger partial charge in [0.15, 0.2) is 0 Å². The zero-order chi connectivity index (χ0) is 20.5. The number of anilines is 1. The minimum Gasteiger partial charge on any atom is -0.390 e. The van der Waals surface area contributed by atoms with Crippen LogP contribution in [0, 0.1) is 12.7 Å². The SMILES string of the molecule is Cc1nn(-c2ccc(F)cc2)cc1C(=O)Nc1cnc(CO)c(C(F)(F)F)c1. The molecule has 0 aliphatic carbocycles. The Hall–Kier alpha value is -3.27. The molecule has 2 N–H and O–H groups in total. The number of aliphatic hydroxyl groups is 1. The highest BCUT2D eigenvalue weighted by Crippen LogP contribution is 2.33. The zero-order valence-corrected chi connectivity index (χ0v) is 14.5. The first kappa shape index (κ1) is 19.5. The number of aliphatic hydroxyl groups excluding tert-OH is 1. The van der Waals surface area contributed by atoms with E-state index in [9.17, 15) is 22.4 Å². The summed E-state index contributed by atoms with van der Waals surface area (Å²) in [5.74, 6) is -1.11. The molecule has 0 aliphatic heterocycles. The Morgan fingerprint density at radius 2 is 1.93 bits per heavy atom. The van der Waals surface area contributed by atoms with Crippen LogP contribution in [-0.2, 0) is 12.8 Å². The average Bonchev–Trinajstić information content (AvgIpc) is 3.03. The highest BCUT2D eigenvalue weighted by molar-refractivity contribution is 6.04. The van der Waals surface area contributed by atoms with Crippen LogP contribution in [-0.4, -0.2) is 25.8 Å². The summed E-state index contributed by atoms with van der Waals surface area (Å²) in [7, 11) is 0. The third-order valence-electron chi connectivity index (χ3n) is 3.92. The molecule has 6 nitrogen and oxygen atoms in total. The Morgan fingerprint density at radius 1 is 1.25 bits per heavy atom. The van der Waals surface area contributed by atoms with Crippen molar-refractivity contribution >= 4 is 11.6 Å². The highest BCUT2D eigenvalue weighted by atomic mass is 19.4. The largest absolute Gasteiger partial charge is 0.418 e.